The number of thioether (sulfide) groups is 1. The van der Waals surface area contributed by atoms with Crippen molar-refractivity contribution in [3.8, 4) is 0 Å². The Balaban J connectivity index is 1.55. The molecule has 7 nitrogen and oxygen atoms in total. The van der Waals surface area contributed by atoms with Crippen LogP contribution >= 0.6 is 23.1 Å². The van der Waals surface area contributed by atoms with Crippen LogP contribution in [0.3, 0.4) is 0 Å². The fourth-order valence-electron chi connectivity index (χ4n) is 2.40. The van der Waals surface area contributed by atoms with E-state index in [1.54, 1.807) is 4.90 Å². The first-order valence-electron chi connectivity index (χ1n) is 7.57. The van der Waals surface area contributed by atoms with Crippen LogP contribution < -0.4 is 10.6 Å². The van der Waals surface area contributed by atoms with Crippen LogP contribution in [0.5, 0.6) is 0 Å². The third-order valence-electron chi connectivity index (χ3n) is 3.66. The zero-order valence-electron chi connectivity index (χ0n) is 13.2. The number of primary amides is 1. The summed E-state index contributed by atoms with van der Waals surface area (Å²) in [5.74, 6) is -0.680. The van der Waals surface area contributed by atoms with Gasteiger partial charge >= 0.3 is 0 Å². The zero-order valence-corrected chi connectivity index (χ0v) is 14.9. The van der Waals surface area contributed by atoms with E-state index in [1.807, 2.05) is 0 Å². The van der Waals surface area contributed by atoms with Crippen molar-refractivity contribution in [2.24, 2.45) is 5.73 Å². The molecule has 2 amide bonds. The Labute approximate surface area is 152 Å². The van der Waals surface area contributed by atoms with Crippen molar-refractivity contribution in [2.45, 2.75) is 4.34 Å². The SMILES string of the molecule is NC(=O)CSc1nnc(N2CCN(C(=O)c3ccc(F)cc3)CC2)s1. The fourth-order valence-corrected chi connectivity index (χ4v) is 4.03. The highest BCUT2D eigenvalue weighted by Gasteiger charge is 2.24. The minimum absolute atomic E-state index is 0.102. The van der Waals surface area contributed by atoms with E-state index in [1.165, 1.54) is 47.4 Å². The molecule has 1 saturated heterocycles. The standard InChI is InChI=1S/C15H16FN5O2S2/c16-11-3-1-10(2-4-11)13(23)20-5-7-21(8-6-20)14-18-19-15(25-14)24-9-12(17)22/h1-4H,5-9H2,(H2,17,22). The van der Waals surface area contributed by atoms with Crippen molar-refractivity contribution >= 4 is 40.0 Å². The largest absolute Gasteiger partial charge is 0.369 e. The van der Waals surface area contributed by atoms with Gasteiger partial charge in [-0.25, -0.2) is 4.39 Å². The summed E-state index contributed by atoms with van der Waals surface area (Å²) in [5, 5.41) is 8.94. The summed E-state index contributed by atoms with van der Waals surface area (Å²) < 4.78 is 13.7. The molecule has 2 aromatic rings. The Kier molecular flexibility index (Phi) is 5.49. The Morgan fingerprint density at radius 2 is 1.84 bits per heavy atom. The van der Waals surface area contributed by atoms with Gasteiger partial charge in [-0.1, -0.05) is 23.1 Å². The van der Waals surface area contributed by atoms with Gasteiger partial charge in [-0.2, -0.15) is 0 Å². The lowest BCUT2D eigenvalue weighted by Crippen LogP contribution is -2.48. The molecule has 0 spiro atoms. The van der Waals surface area contributed by atoms with Gasteiger partial charge in [0.15, 0.2) is 4.34 Å². The zero-order chi connectivity index (χ0) is 17.8. The lowest BCUT2D eigenvalue weighted by molar-refractivity contribution is -0.115. The number of rotatable bonds is 5. The average molecular weight is 381 g/mol. The molecule has 0 saturated carbocycles. The summed E-state index contributed by atoms with van der Waals surface area (Å²) in [6, 6.07) is 5.57. The molecule has 1 fully saturated rings. The maximum Gasteiger partial charge on any atom is 0.253 e. The summed E-state index contributed by atoms with van der Waals surface area (Å²) in [6.45, 7) is 2.39. The lowest BCUT2D eigenvalue weighted by Gasteiger charge is -2.34. The van der Waals surface area contributed by atoms with Gasteiger partial charge in [-0.15, -0.1) is 10.2 Å². The number of anilines is 1. The van der Waals surface area contributed by atoms with Gasteiger partial charge in [0.2, 0.25) is 11.0 Å². The summed E-state index contributed by atoms with van der Waals surface area (Å²) >= 11 is 2.67. The Morgan fingerprint density at radius 3 is 2.48 bits per heavy atom. The molecule has 0 unspecified atom stereocenters. The number of amides is 2. The topological polar surface area (TPSA) is 92.4 Å². The number of aromatic nitrogens is 2. The summed E-state index contributed by atoms with van der Waals surface area (Å²) in [7, 11) is 0. The summed E-state index contributed by atoms with van der Waals surface area (Å²) in [6.07, 6.45) is 0. The number of nitrogens with two attached hydrogens (primary N) is 1. The first kappa shape index (κ1) is 17.6. The van der Waals surface area contributed by atoms with Gasteiger partial charge < -0.3 is 15.5 Å². The number of hydrogen-bond acceptors (Lipinski definition) is 7. The predicted octanol–water partition coefficient (Wildman–Crippen LogP) is 1.22. The maximum absolute atomic E-state index is 13.0. The van der Waals surface area contributed by atoms with E-state index in [2.05, 4.69) is 15.1 Å². The minimum Gasteiger partial charge on any atom is -0.369 e. The monoisotopic (exact) mass is 381 g/mol. The molecule has 1 aliphatic rings. The molecule has 0 aliphatic carbocycles. The van der Waals surface area contributed by atoms with Crippen LogP contribution in [0.25, 0.3) is 0 Å². The molecule has 2 N–H and O–H groups in total. The van der Waals surface area contributed by atoms with E-state index in [0.29, 0.717) is 36.1 Å². The lowest BCUT2D eigenvalue weighted by atomic mass is 10.2. The maximum atomic E-state index is 13.0. The van der Waals surface area contributed by atoms with Crippen molar-refractivity contribution in [1.82, 2.24) is 15.1 Å². The molecule has 3 rings (SSSR count). The second-order valence-electron chi connectivity index (χ2n) is 5.39. The second kappa shape index (κ2) is 7.79. The van der Waals surface area contributed by atoms with Crippen LogP contribution in [0, 0.1) is 5.82 Å². The number of carbonyl (C=O) groups excluding carboxylic acids is 2. The number of nitrogens with zero attached hydrogens (tertiary/aromatic N) is 4. The Bertz CT molecular complexity index is 760. The van der Waals surface area contributed by atoms with Gasteiger partial charge in [0, 0.05) is 31.7 Å². The molecule has 1 aromatic heterocycles. The van der Waals surface area contributed by atoms with Crippen molar-refractivity contribution in [2.75, 3.05) is 36.8 Å². The number of benzene rings is 1. The van der Waals surface area contributed by atoms with Gasteiger partial charge in [0.25, 0.3) is 5.91 Å². The highest BCUT2D eigenvalue weighted by molar-refractivity contribution is 8.01. The number of hydrogen-bond donors (Lipinski definition) is 1. The molecule has 1 aromatic carbocycles. The molecule has 2 heterocycles. The number of piperazine rings is 1. The van der Waals surface area contributed by atoms with Crippen LogP contribution in [0.4, 0.5) is 9.52 Å². The van der Waals surface area contributed by atoms with Crippen LogP contribution in [0.15, 0.2) is 28.6 Å². The molecule has 25 heavy (non-hydrogen) atoms. The van der Waals surface area contributed by atoms with Crippen LogP contribution in [0.1, 0.15) is 10.4 Å². The highest BCUT2D eigenvalue weighted by Crippen LogP contribution is 2.28. The molecule has 132 valence electrons. The highest BCUT2D eigenvalue weighted by atomic mass is 32.2. The predicted molar refractivity (Wildman–Crippen MR) is 94.3 cm³/mol. The van der Waals surface area contributed by atoms with Crippen molar-refractivity contribution in [1.29, 1.82) is 0 Å². The van der Waals surface area contributed by atoms with E-state index >= 15 is 0 Å². The van der Waals surface area contributed by atoms with E-state index in [9.17, 15) is 14.0 Å². The third kappa shape index (κ3) is 4.45. The number of halogens is 1. The van der Waals surface area contributed by atoms with Crippen molar-refractivity contribution in [3.05, 3.63) is 35.6 Å². The quantitative estimate of drug-likeness (QED) is 0.783. The first-order chi connectivity index (χ1) is 12.0. The molecule has 0 bridgehead atoms. The van der Waals surface area contributed by atoms with Gasteiger partial charge in [0.05, 0.1) is 5.75 Å². The fraction of sp³-hybridized carbons (Fsp3) is 0.333. The molecular formula is C15H16FN5O2S2. The molecule has 1 aliphatic heterocycles. The van der Waals surface area contributed by atoms with E-state index in [-0.39, 0.29) is 17.5 Å². The first-order valence-corrected chi connectivity index (χ1v) is 9.37. The normalized spacial score (nSPS) is 14.6. The summed E-state index contributed by atoms with van der Waals surface area (Å²) in [4.78, 5) is 27.0. The van der Waals surface area contributed by atoms with E-state index < -0.39 is 5.91 Å². The van der Waals surface area contributed by atoms with E-state index in [0.717, 1.165) is 5.13 Å². The van der Waals surface area contributed by atoms with Crippen molar-refractivity contribution < 1.29 is 14.0 Å². The van der Waals surface area contributed by atoms with Crippen LogP contribution in [0.2, 0.25) is 0 Å². The Hall–Kier alpha value is -2.20. The molecule has 10 heteroatoms. The van der Waals surface area contributed by atoms with Gasteiger partial charge in [-0.05, 0) is 24.3 Å². The molecule has 0 radical (unpaired) electrons. The van der Waals surface area contributed by atoms with E-state index in [4.69, 9.17) is 5.73 Å². The van der Waals surface area contributed by atoms with Gasteiger partial charge in [0.1, 0.15) is 5.82 Å². The Morgan fingerprint density at radius 1 is 1.16 bits per heavy atom. The second-order valence-corrected chi connectivity index (χ2v) is 7.57. The molecular weight excluding hydrogens is 365 g/mol. The summed E-state index contributed by atoms with van der Waals surface area (Å²) in [5.41, 5.74) is 5.60. The van der Waals surface area contributed by atoms with Crippen molar-refractivity contribution in [3.63, 3.8) is 0 Å². The van der Waals surface area contributed by atoms with Crippen LogP contribution in [-0.2, 0) is 4.79 Å². The third-order valence-corrected chi connectivity index (χ3v) is 5.80. The smallest absolute Gasteiger partial charge is 0.253 e. The number of carbonyl (C=O) groups is 2. The average Bonchev–Trinajstić information content (AvgIpc) is 3.09. The van der Waals surface area contributed by atoms with Gasteiger partial charge in [-0.3, -0.25) is 9.59 Å². The molecule has 0 atom stereocenters. The van der Waals surface area contributed by atoms with Crippen LogP contribution in [-0.4, -0.2) is 58.8 Å². The minimum atomic E-state index is -0.394.